The lowest BCUT2D eigenvalue weighted by molar-refractivity contribution is -0.166. The Morgan fingerprint density at radius 1 is 0.333 bits per heavy atom. The smallest absolute Gasteiger partial charge is 0.306 e. The molecule has 0 aliphatic heterocycles. The molecule has 0 fully saturated rings. The van der Waals surface area contributed by atoms with E-state index in [1.54, 1.807) is 0 Å². The fraction of sp³-hybridized carbons (Fsp3) is 0.632. The molecule has 0 saturated heterocycles. The van der Waals surface area contributed by atoms with Gasteiger partial charge in [0.1, 0.15) is 13.2 Å². The van der Waals surface area contributed by atoms with Crippen molar-refractivity contribution in [3.63, 3.8) is 0 Å². The summed E-state index contributed by atoms with van der Waals surface area (Å²) in [4.78, 5) is 37.5. The first-order valence-electron chi connectivity index (χ1n) is 25.4. The molecule has 0 aliphatic carbocycles. The minimum Gasteiger partial charge on any atom is -0.462 e. The summed E-state index contributed by atoms with van der Waals surface area (Å²) in [5.41, 5.74) is 0. The SMILES string of the molecule is CC/C=C\C/C=C\C/C=C\C/C=C\C/C=C\CCCCCCCCCCCCCC(=O)OCC(COC(=O)CCCCCCC)OC(=O)CC/C=C\C/C=C\C/C=C\C/C=C\CC. The second kappa shape index (κ2) is 50.7. The lowest BCUT2D eigenvalue weighted by atomic mass is 10.0. The first kappa shape index (κ1) is 59.1. The largest absolute Gasteiger partial charge is 0.462 e. The topological polar surface area (TPSA) is 78.9 Å². The number of esters is 3. The molecule has 6 heteroatoms. The van der Waals surface area contributed by atoms with Crippen molar-refractivity contribution in [3.05, 3.63) is 109 Å². The van der Waals surface area contributed by atoms with Crippen molar-refractivity contribution in [3.8, 4) is 0 Å². The van der Waals surface area contributed by atoms with Crippen molar-refractivity contribution in [1.82, 2.24) is 0 Å². The van der Waals surface area contributed by atoms with Gasteiger partial charge in [0.25, 0.3) is 0 Å². The molecular formula is C57H92O6. The number of rotatable bonds is 44. The van der Waals surface area contributed by atoms with Crippen molar-refractivity contribution >= 4 is 17.9 Å². The van der Waals surface area contributed by atoms with Crippen LogP contribution < -0.4 is 0 Å². The highest BCUT2D eigenvalue weighted by atomic mass is 16.6. The van der Waals surface area contributed by atoms with Gasteiger partial charge in [0.05, 0.1) is 0 Å². The van der Waals surface area contributed by atoms with Crippen molar-refractivity contribution < 1.29 is 28.6 Å². The average molecular weight is 873 g/mol. The molecule has 0 spiro atoms. The molecule has 6 nitrogen and oxygen atoms in total. The zero-order valence-electron chi connectivity index (χ0n) is 40.5. The zero-order chi connectivity index (χ0) is 45.8. The van der Waals surface area contributed by atoms with Crippen molar-refractivity contribution in [2.24, 2.45) is 0 Å². The van der Waals surface area contributed by atoms with Crippen LogP contribution in [0.25, 0.3) is 0 Å². The van der Waals surface area contributed by atoms with E-state index in [1.807, 2.05) is 12.2 Å². The van der Waals surface area contributed by atoms with Gasteiger partial charge in [-0.15, -0.1) is 0 Å². The summed E-state index contributed by atoms with van der Waals surface area (Å²) in [6.45, 7) is 6.24. The van der Waals surface area contributed by atoms with Crippen LogP contribution >= 0.6 is 0 Å². The number of unbranched alkanes of at least 4 members (excludes halogenated alkanes) is 15. The molecule has 0 aromatic carbocycles. The molecule has 0 saturated carbocycles. The van der Waals surface area contributed by atoms with E-state index in [4.69, 9.17) is 14.2 Å². The predicted molar refractivity (Wildman–Crippen MR) is 270 cm³/mol. The molecule has 0 heterocycles. The van der Waals surface area contributed by atoms with Crippen molar-refractivity contribution in [2.75, 3.05) is 13.2 Å². The maximum absolute atomic E-state index is 12.6. The summed E-state index contributed by atoms with van der Waals surface area (Å²) in [6, 6.07) is 0. The predicted octanol–water partition coefficient (Wildman–Crippen LogP) is 16.8. The minimum atomic E-state index is -0.813. The molecule has 0 amide bonds. The van der Waals surface area contributed by atoms with Crippen LogP contribution in [0.2, 0.25) is 0 Å². The van der Waals surface area contributed by atoms with Crippen LogP contribution in [-0.2, 0) is 28.6 Å². The van der Waals surface area contributed by atoms with Crippen LogP contribution in [0.5, 0.6) is 0 Å². The third kappa shape index (κ3) is 49.0. The van der Waals surface area contributed by atoms with Gasteiger partial charge in [-0.1, -0.05) is 214 Å². The number of carbonyl (C=O) groups is 3. The fourth-order valence-corrected chi connectivity index (χ4v) is 6.54. The van der Waals surface area contributed by atoms with E-state index < -0.39 is 12.1 Å². The van der Waals surface area contributed by atoms with E-state index in [0.717, 1.165) is 109 Å². The van der Waals surface area contributed by atoms with E-state index in [0.29, 0.717) is 19.3 Å². The van der Waals surface area contributed by atoms with Crippen LogP contribution in [0.1, 0.15) is 213 Å². The molecular weight excluding hydrogens is 781 g/mol. The molecule has 0 aromatic heterocycles. The summed E-state index contributed by atoms with van der Waals surface area (Å²) >= 11 is 0. The Labute approximate surface area is 387 Å². The number of ether oxygens (including phenoxy) is 3. The van der Waals surface area contributed by atoms with Crippen LogP contribution in [-0.4, -0.2) is 37.2 Å². The molecule has 0 radical (unpaired) electrons. The average Bonchev–Trinajstić information content (AvgIpc) is 3.28. The minimum absolute atomic E-state index is 0.109. The third-order valence-electron chi connectivity index (χ3n) is 10.3. The Morgan fingerprint density at radius 3 is 1.03 bits per heavy atom. The highest BCUT2D eigenvalue weighted by Crippen LogP contribution is 2.14. The van der Waals surface area contributed by atoms with E-state index in [-0.39, 0.29) is 31.6 Å². The Bertz CT molecular complexity index is 1330. The normalized spacial score (nSPS) is 13.0. The van der Waals surface area contributed by atoms with Crippen molar-refractivity contribution in [1.29, 1.82) is 0 Å². The summed E-state index contributed by atoms with van der Waals surface area (Å²) in [5.74, 6) is -1.02. The molecule has 0 N–H and O–H groups in total. The zero-order valence-corrected chi connectivity index (χ0v) is 40.5. The Hall–Kier alpha value is -3.93. The summed E-state index contributed by atoms with van der Waals surface area (Å²) in [7, 11) is 0. The van der Waals surface area contributed by atoms with E-state index in [2.05, 4.69) is 118 Å². The molecule has 0 aromatic rings. The number of carbonyl (C=O) groups excluding carboxylic acids is 3. The van der Waals surface area contributed by atoms with Crippen LogP contribution in [0.4, 0.5) is 0 Å². The number of hydrogen-bond donors (Lipinski definition) is 0. The second-order valence-corrected chi connectivity index (χ2v) is 16.3. The van der Waals surface area contributed by atoms with Gasteiger partial charge >= 0.3 is 17.9 Å². The van der Waals surface area contributed by atoms with E-state index >= 15 is 0 Å². The Morgan fingerprint density at radius 2 is 0.651 bits per heavy atom. The number of allylic oxidation sites excluding steroid dienone is 18. The molecule has 1 unspecified atom stereocenters. The lowest BCUT2D eigenvalue weighted by Crippen LogP contribution is -2.30. The van der Waals surface area contributed by atoms with E-state index in [9.17, 15) is 14.4 Å². The Balaban J connectivity index is 4.14. The third-order valence-corrected chi connectivity index (χ3v) is 10.3. The molecule has 0 bridgehead atoms. The molecule has 63 heavy (non-hydrogen) atoms. The molecule has 0 aliphatic rings. The van der Waals surface area contributed by atoms with Crippen LogP contribution in [0.3, 0.4) is 0 Å². The van der Waals surface area contributed by atoms with Crippen LogP contribution in [0.15, 0.2) is 109 Å². The molecule has 1 atom stereocenters. The summed E-state index contributed by atoms with van der Waals surface area (Å²) < 4.78 is 16.6. The Kier molecular flexibility index (Phi) is 47.5. The summed E-state index contributed by atoms with van der Waals surface area (Å²) in [6.07, 6.45) is 68.5. The van der Waals surface area contributed by atoms with Gasteiger partial charge < -0.3 is 14.2 Å². The quantitative estimate of drug-likeness (QED) is 0.0263. The monoisotopic (exact) mass is 873 g/mol. The van der Waals surface area contributed by atoms with Gasteiger partial charge in [-0.05, 0) is 89.9 Å². The highest BCUT2D eigenvalue weighted by Gasteiger charge is 2.19. The highest BCUT2D eigenvalue weighted by molar-refractivity contribution is 5.71. The van der Waals surface area contributed by atoms with E-state index in [1.165, 1.54) is 57.8 Å². The summed E-state index contributed by atoms with van der Waals surface area (Å²) in [5, 5.41) is 0. The number of hydrogen-bond acceptors (Lipinski definition) is 6. The first-order chi connectivity index (χ1) is 31.0. The molecule has 356 valence electrons. The van der Waals surface area contributed by atoms with Gasteiger partial charge in [-0.2, -0.15) is 0 Å². The first-order valence-corrected chi connectivity index (χ1v) is 25.4. The van der Waals surface area contributed by atoms with Crippen LogP contribution in [0, 0.1) is 0 Å². The van der Waals surface area contributed by atoms with Gasteiger partial charge in [-0.25, -0.2) is 0 Å². The van der Waals surface area contributed by atoms with Gasteiger partial charge in [-0.3, -0.25) is 14.4 Å². The maximum Gasteiger partial charge on any atom is 0.306 e. The van der Waals surface area contributed by atoms with Gasteiger partial charge in [0, 0.05) is 19.3 Å². The fourth-order valence-electron chi connectivity index (χ4n) is 6.54. The maximum atomic E-state index is 12.6. The standard InChI is InChI=1S/C57H92O6/c1-4-7-10-13-15-17-19-21-22-23-24-25-26-27-28-29-30-31-32-33-34-36-37-39-41-44-47-50-56(59)62-53-54(52-61-55(58)49-46-43-12-9-6-3)63-57(60)51-48-45-42-40-38-35-20-18-16-14-11-8-5-2/h7-8,10-11,15-18,21-22,24-25,27-28,35,38,42,45,54H,4-6,9,12-14,19-20,23,26,29-34,36-37,39-41,43-44,46-53H2,1-3H3/b10-7-,11-8-,17-15-,18-16-,22-21-,25-24-,28-27-,38-35-,45-42-. The lowest BCUT2D eigenvalue weighted by Gasteiger charge is -2.18. The molecule has 0 rings (SSSR count). The van der Waals surface area contributed by atoms with Crippen molar-refractivity contribution in [2.45, 2.75) is 219 Å². The van der Waals surface area contributed by atoms with Gasteiger partial charge in [0.2, 0.25) is 0 Å². The second-order valence-electron chi connectivity index (χ2n) is 16.3. The van der Waals surface area contributed by atoms with Gasteiger partial charge in [0.15, 0.2) is 6.10 Å².